The van der Waals surface area contributed by atoms with E-state index < -0.39 is 84.6 Å². The highest BCUT2D eigenvalue weighted by atomic mass is 15.1. The molecule has 0 spiro atoms. The van der Waals surface area contributed by atoms with E-state index in [0.717, 1.165) is 0 Å². The van der Waals surface area contributed by atoms with E-state index in [9.17, 15) is 0 Å². The standard InChI is InChI=1S/C29H19N3/c1-5-14-24-20(10-1)21-11-2-6-15-25(21)31(24)28-18-9-19-29(30-28)32-26-16-7-3-12-22(26)23-13-4-8-17-27(23)32/h1-19H/i1D,2D,3D,4D,5D,6D,7D,8D,10D,11D,12D,14D,15D,16D,17D. The molecule has 0 saturated carbocycles. The predicted molar refractivity (Wildman–Crippen MR) is 133 cm³/mol. The molecule has 0 aliphatic rings. The van der Waals surface area contributed by atoms with E-state index in [0.29, 0.717) is 0 Å². The largest absolute Gasteiger partial charge is 0.294 e. The van der Waals surface area contributed by atoms with Crippen LogP contribution in [0.2, 0.25) is 0 Å². The summed E-state index contributed by atoms with van der Waals surface area (Å²) in [6.45, 7) is 0. The SMILES string of the molecule is [2H]c1cc2c3c([2H])c([2H])c([2H])c([2H])c3n(-c3cccc(-n4c5c([2H])c([2H])c([2H])c([2H])c5c5c([2H])c([2H])c([2H])c([2H])c54)n3)c2c([2H])c1[2H]. The highest BCUT2D eigenvalue weighted by Gasteiger charge is 2.15. The first-order chi connectivity index (χ1) is 22.1. The quantitative estimate of drug-likeness (QED) is 0.286. The normalized spacial score (nSPS) is 18.3. The van der Waals surface area contributed by atoms with E-state index in [-0.39, 0.29) is 61.3 Å². The number of para-hydroxylation sites is 4. The fourth-order valence-electron chi connectivity index (χ4n) is 4.03. The minimum absolute atomic E-state index is 0.000276. The summed E-state index contributed by atoms with van der Waals surface area (Å²) >= 11 is 0. The van der Waals surface area contributed by atoms with Crippen LogP contribution in [0.3, 0.4) is 0 Å². The lowest BCUT2D eigenvalue weighted by Crippen LogP contribution is -2.02. The average molecular weight is 425 g/mol. The number of hydrogen-bond acceptors (Lipinski definition) is 1. The van der Waals surface area contributed by atoms with Crippen molar-refractivity contribution in [3.63, 3.8) is 0 Å². The van der Waals surface area contributed by atoms with Crippen molar-refractivity contribution in [3.8, 4) is 11.6 Å². The van der Waals surface area contributed by atoms with Crippen molar-refractivity contribution in [2.45, 2.75) is 0 Å². The Labute approximate surface area is 205 Å². The van der Waals surface area contributed by atoms with E-state index in [1.807, 2.05) is 0 Å². The van der Waals surface area contributed by atoms with Crippen LogP contribution in [0.5, 0.6) is 0 Å². The number of benzene rings is 4. The molecule has 0 saturated heterocycles. The molecule has 7 rings (SSSR count). The molecule has 0 fully saturated rings. The maximum atomic E-state index is 8.76. The second-order valence-corrected chi connectivity index (χ2v) is 7.00. The summed E-state index contributed by atoms with van der Waals surface area (Å²) in [5.41, 5.74) is -0.440. The Bertz CT molecular complexity index is 2510. The molecule has 3 nitrogen and oxygen atoms in total. The Morgan fingerprint density at radius 1 is 0.469 bits per heavy atom. The lowest BCUT2D eigenvalue weighted by molar-refractivity contribution is 1.01. The van der Waals surface area contributed by atoms with Gasteiger partial charge in [-0.1, -0.05) is 78.6 Å². The number of fused-ring (bicyclic) bond motifs is 6. The van der Waals surface area contributed by atoms with Gasteiger partial charge in [0.25, 0.3) is 0 Å². The Hall–Kier alpha value is -4.37. The summed E-state index contributed by atoms with van der Waals surface area (Å²) in [7, 11) is 0. The van der Waals surface area contributed by atoms with Gasteiger partial charge in [-0.25, -0.2) is 4.98 Å². The molecule has 0 atom stereocenters. The van der Waals surface area contributed by atoms with Crippen molar-refractivity contribution in [1.29, 1.82) is 0 Å². The molecule has 0 unspecified atom stereocenters. The molecule has 32 heavy (non-hydrogen) atoms. The maximum absolute atomic E-state index is 8.76. The monoisotopic (exact) mass is 424 g/mol. The van der Waals surface area contributed by atoms with Crippen LogP contribution in [0.15, 0.2) is 115 Å². The van der Waals surface area contributed by atoms with Crippen LogP contribution in [0, 0.1) is 0 Å². The van der Waals surface area contributed by atoms with Crippen LogP contribution in [-0.2, 0) is 0 Å². The third kappa shape index (κ3) is 2.33. The van der Waals surface area contributed by atoms with Gasteiger partial charge in [-0.05, 0) is 36.3 Å². The van der Waals surface area contributed by atoms with Crippen molar-refractivity contribution < 1.29 is 20.6 Å². The molecule has 150 valence electrons. The van der Waals surface area contributed by atoms with Gasteiger partial charge in [-0.3, -0.25) is 9.13 Å². The fourth-order valence-corrected chi connectivity index (χ4v) is 4.03. The highest BCUT2D eigenvalue weighted by Crippen LogP contribution is 2.33. The van der Waals surface area contributed by atoms with Gasteiger partial charge in [0.15, 0.2) is 0 Å². The smallest absolute Gasteiger partial charge is 0.140 e. The molecule has 0 aliphatic heterocycles. The summed E-state index contributed by atoms with van der Waals surface area (Å²) in [4.78, 5) is 4.70. The van der Waals surface area contributed by atoms with Crippen molar-refractivity contribution in [1.82, 2.24) is 14.1 Å². The molecule has 0 amide bonds. The predicted octanol–water partition coefficient (Wildman–Crippen LogP) is 7.28. The fraction of sp³-hybridized carbons (Fsp3) is 0. The third-order valence-corrected chi connectivity index (χ3v) is 5.32. The summed E-state index contributed by atoms with van der Waals surface area (Å²) in [5.74, 6) is -0.0991. The molecule has 3 heteroatoms. The van der Waals surface area contributed by atoms with Crippen LogP contribution in [0.25, 0.3) is 55.2 Å². The van der Waals surface area contributed by atoms with E-state index in [4.69, 9.17) is 25.5 Å². The third-order valence-electron chi connectivity index (χ3n) is 5.32. The molecular formula is C29H19N3. The van der Waals surface area contributed by atoms with Gasteiger partial charge < -0.3 is 0 Å². The molecule has 3 heterocycles. The molecular weight excluding hydrogens is 390 g/mol. The number of hydrogen-bond donors (Lipinski definition) is 0. The summed E-state index contributed by atoms with van der Waals surface area (Å²) < 4.78 is 130. The first kappa shape index (κ1) is 8.29. The van der Waals surface area contributed by atoms with Gasteiger partial charge in [0.2, 0.25) is 0 Å². The van der Waals surface area contributed by atoms with Gasteiger partial charge in [-0.2, -0.15) is 0 Å². The first-order valence-electron chi connectivity index (χ1n) is 17.1. The number of pyridine rings is 1. The molecule has 0 N–H and O–H groups in total. The molecule has 3 aromatic heterocycles. The van der Waals surface area contributed by atoms with Gasteiger partial charge in [-0.15, -0.1) is 0 Å². The molecule has 7 aromatic rings. The topological polar surface area (TPSA) is 22.8 Å². The van der Waals surface area contributed by atoms with Crippen LogP contribution in [-0.4, -0.2) is 14.1 Å². The van der Waals surface area contributed by atoms with Crippen molar-refractivity contribution in [2.24, 2.45) is 0 Å². The Balaban J connectivity index is 1.70. The van der Waals surface area contributed by atoms with E-state index >= 15 is 0 Å². The summed E-state index contributed by atoms with van der Waals surface area (Å²) in [6, 6.07) is -2.09. The van der Waals surface area contributed by atoms with Gasteiger partial charge >= 0.3 is 0 Å². The lowest BCUT2D eigenvalue weighted by atomic mass is 10.2. The van der Waals surface area contributed by atoms with Crippen LogP contribution in [0.1, 0.15) is 20.6 Å². The van der Waals surface area contributed by atoms with Crippen LogP contribution in [0.4, 0.5) is 0 Å². The molecule has 0 radical (unpaired) electrons. The average Bonchev–Trinajstić information content (AvgIpc) is 3.59. The summed E-state index contributed by atoms with van der Waals surface area (Å²) in [6.07, 6.45) is 0. The van der Waals surface area contributed by atoms with E-state index in [2.05, 4.69) is 0 Å². The first-order valence-corrected chi connectivity index (χ1v) is 9.61. The minimum Gasteiger partial charge on any atom is -0.294 e. The van der Waals surface area contributed by atoms with E-state index in [1.54, 1.807) is 0 Å². The maximum Gasteiger partial charge on any atom is 0.140 e. The Morgan fingerprint density at radius 2 is 0.875 bits per heavy atom. The summed E-state index contributed by atoms with van der Waals surface area (Å²) in [5, 5.41) is -0.177. The highest BCUT2D eigenvalue weighted by molar-refractivity contribution is 6.10. The van der Waals surface area contributed by atoms with Crippen molar-refractivity contribution in [2.75, 3.05) is 0 Å². The molecule has 4 aromatic carbocycles. The Morgan fingerprint density at radius 3 is 1.41 bits per heavy atom. The zero-order valence-corrected chi connectivity index (χ0v) is 16.2. The van der Waals surface area contributed by atoms with Gasteiger partial charge in [0, 0.05) is 21.5 Å². The lowest BCUT2D eigenvalue weighted by Gasteiger charge is -2.11. The van der Waals surface area contributed by atoms with Gasteiger partial charge in [0.05, 0.1) is 42.6 Å². The zero-order chi connectivity index (χ0) is 34.1. The second-order valence-electron chi connectivity index (χ2n) is 7.00. The number of aromatic nitrogens is 3. The van der Waals surface area contributed by atoms with Crippen LogP contribution >= 0.6 is 0 Å². The zero-order valence-electron chi connectivity index (χ0n) is 31.2. The molecule has 0 aliphatic carbocycles. The van der Waals surface area contributed by atoms with Crippen LogP contribution < -0.4 is 0 Å². The van der Waals surface area contributed by atoms with E-state index in [1.165, 1.54) is 33.4 Å². The minimum atomic E-state index is -0.607. The van der Waals surface area contributed by atoms with Crippen molar-refractivity contribution >= 4 is 43.6 Å². The molecule has 0 bridgehead atoms. The van der Waals surface area contributed by atoms with Gasteiger partial charge in [0.1, 0.15) is 11.6 Å². The second kappa shape index (κ2) is 6.56. The van der Waals surface area contributed by atoms with Crippen molar-refractivity contribution in [3.05, 3.63) is 115 Å². The number of rotatable bonds is 2. The Kier molecular flexibility index (Phi) is 1.70. The number of nitrogens with zero attached hydrogens (tertiary/aromatic N) is 3.